The molecule has 8 heteroatoms. The third-order valence-electron chi connectivity index (χ3n) is 7.58. The molecular formula is C27H33N5O3. The number of benzene rings is 2. The Bertz CT molecular complexity index is 1260. The number of carboxylic acid groups (broad SMARTS) is 1. The first-order chi connectivity index (χ1) is 17.0. The van der Waals surface area contributed by atoms with E-state index in [0.717, 1.165) is 78.7 Å². The number of likely N-dealkylation sites (tertiary alicyclic amines) is 1. The van der Waals surface area contributed by atoms with Crippen LogP contribution in [0.3, 0.4) is 0 Å². The summed E-state index contributed by atoms with van der Waals surface area (Å²) in [7, 11) is 0. The Morgan fingerprint density at radius 1 is 1.03 bits per heavy atom. The van der Waals surface area contributed by atoms with Crippen LogP contribution in [0.15, 0.2) is 30.3 Å². The highest BCUT2D eigenvalue weighted by Crippen LogP contribution is 2.35. The number of nitrogens with zero attached hydrogens (tertiary/aromatic N) is 5. The smallest absolute Gasteiger partial charge is 0.320 e. The fourth-order valence-corrected chi connectivity index (χ4v) is 5.62. The fourth-order valence-electron chi connectivity index (χ4n) is 5.62. The van der Waals surface area contributed by atoms with Crippen molar-refractivity contribution in [2.45, 2.75) is 65.0 Å². The van der Waals surface area contributed by atoms with Crippen LogP contribution in [0.25, 0.3) is 11.0 Å². The van der Waals surface area contributed by atoms with Gasteiger partial charge in [0.25, 0.3) is 0 Å². The van der Waals surface area contributed by atoms with Gasteiger partial charge in [0.2, 0.25) is 0 Å². The van der Waals surface area contributed by atoms with Crippen LogP contribution >= 0.6 is 0 Å². The van der Waals surface area contributed by atoms with Crippen LogP contribution in [0.1, 0.15) is 66.3 Å². The molecule has 1 unspecified atom stereocenters. The molecule has 0 aliphatic carbocycles. The van der Waals surface area contributed by atoms with Gasteiger partial charge in [-0.2, -0.15) is 0 Å². The predicted octanol–water partition coefficient (Wildman–Crippen LogP) is 4.33. The molecule has 2 amide bonds. The highest BCUT2D eigenvalue weighted by Gasteiger charge is 2.28. The summed E-state index contributed by atoms with van der Waals surface area (Å²) in [5.74, 6) is -1.14. The lowest BCUT2D eigenvalue weighted by Gasteiger charge is -2.36. The molecule has 1 fully saturated rings. The summed E-state index contributed by atoms with van der Waals surface area (Å²) in [6.45, 7) is 7.73. The second-order valence-corrected chi connectivity index (χ2v) is 9.73. The van der Waals surface area contributed by atoms with Crippen molar-refractivity contribution in [3.8, 4) is 0 Å². The van der Waals surface area contributed by atoms with E-state index in [0.29, 0.717) is 6.54 Å². The van der Waals surface area contributed by atoms with Crippen LogP contribution in [0, 0.1) is 6.92 Å². The van der Waals surface area contributed by atoms with Crippen molar-refractivity contribution < 1.29 is 14.7 Å². The molecule has 2 aliphatic rings. The van der Waals surface area contributed by atoms with Gasteiger partial charge < -0.3 is 14.9 Å². The molecule has 1 aromatic heterocycles. The normalized spacial score (nSPS) is 16.9. The average molecular weight is 476 g/mol. The minimum atomic E-state index is -0.841. The van der Waals surface area contributed by atoms with Crippen LogP contribution in [-0.2, 0) is 24.3 Å². The zero-order chi connectivity index (χ0) is 24.5. The van der Waals surface area contributed by atoms with E-state index in [1.165, 1.54) is 12.0 Å². The lowest BCUT2D eigenvalue weighted by molar-refractivity contribution is -0.137. The topological polar surface area (TPSA) is 91.6 Å². The van der Waals surface area contributed by atoms with Crippen LogP contribution < -0.4 is 0 Å². The summed E-state index contributed by atoms with van der Waals surface area (Å²) in [5, 5.41) is 18.4. The quantitative estimate of drug-likeness (QED) is 0.593. The van der Waals surface area contributed by atoms with Gasteiger partial charge in [0.1, 0.15) is 5.52 Å². The van der Waals surface area contributed by atoms with Crippen molar-refractivity contribution >= 4 is 23.0 Å². The molecule has 35 heavy (non-hydrogen) atoms. The van der Waals surface area contributed by atoms with E-state index in [1.54, 1.807) is 0 Å². The van der Waals surface area contributed by atoms with Gasteiger partial charge in [0, 0.05) is 38.6 Å². The van der Waals surface area contributed by atoms with Crippen molar-refractivity contribution in [1.82, 2.24) is 24.8 Å². The molecule has 2 aromatic carbocycles. The molecule has 184 valence electrons. The van der Waals surface area contributed by atoms with Crippen LogP contribution in [0.4, 0.5) is 4.79 Å². The summed E-state index contributed by atoms with van der Waals surface area (Å²) >= 11 is 0. The lowest BCUT2D eigenvalue weighted by atomic mass is 9.83. The van der Waals surface area contributed by atoms with Crippen molar-refractivity contribution in [3.63, 3.8) is 0 Å². The largest absolute Gasteiger partial charge is 0.481 e. The number of rotatable bonds is 5. The number of carbonyl (C=O) groups is 2. The fraction of sp³-hybridized carbons (Fsp3) is 0.481. The number of aromatic nitrogens is 3. The number of urea groups is 1. The predicted molar refractivity (Wildman–Crippen MR) is 133 cm³/mol. The number of hydrogen-bond donors (Lipinski definition) is 1. The average Bonchev–Trinajstić information content (AvgIpc) is 3.31. The molecule has 1 atom stereocenters. The number of hydrogen-bond acceptors (Lipinski definition) is 4. The Hall–Kier alpha value is -3.42. The van der Waals surface area contributed by atoms with E-state index in [1.807, 2.05) is 40.5 Å². The van der Waals surface area contributed by atoms with E-state index in [2.05, 4.69) is 28.5 Å². The van der Waals surface area contributed by atoms with Gasteiger partial charge in [-0.25, -0.2) is 9.48 Å². The first-order valence-electron chi connectivity index (χ1n) is 12.7. The second kappa shape index (κ2) is 9.68. The Balaban J connectivity index is 1.47. The van der Waals surface area contributed by atoms with Crippen molar-refractivity contribution in [2.75, 3.05) is 19.6 Å². The molecule has 0 bridgehead atoms. The molecule has 0 spiro atoms. The Morgan fingerprint density at radius 3 is 2.57 bits per heavy atom. The number of fused-ring (bicyclic) bond motifs is 2. The molecule has 5 rings (SSSR count). The van der Waals surface area contributed by atoms with Gasteiger partial charge >= 0.3 is 12.0 Å². The lowest BCUT2D eigenvalue weighted by Crippen LogP contribution is -2.47. The first-order valence-corrected chi connectivity index (χ1v) is 12.7. The maximum Gasteiger partial charge on any atom is 0.320 e. The number of carboxylic acids is 1. The summed E-state index contributed by atoms with van der Waals surface area (Å²) in [4.78, 5) is 28.9. The van der Waals surface area contributed by atoms with Gasteiger partial charge in [-0.05, 0) is 73.4 Å². The standard InChI is InChI=1S/C27H33N5O3/c1-3-32-24-10-9-22(18(2)26(24)28-29-32)23(16-25(33)34)20-8-7-19-11-14-31(17-21(19)15-20)27(35)30-12-5-4-6-13-30/h7-10,15,23H,3-6,11-14,16-17H2,1-2H3,(H,33,34). The Morgan fingerprint density at radius 2 is 1.83 bits per heavy atom. The third kappa shape index (κ3) is 4.49. The number of amides is 2. The first kappa shape index (κ1) is 23.3. The zero-order valence-corrected chi connectivity index (χ0v) is 20.5. The zero-order valence-electron chi connectivity index (χ0n) is 20.5. The van der Waals surface area contributed by atoms with E-state index in [4.69, 9.17) is 0 Å². The van der Waals surface area contributed by atoms with Crippen molar-refractivity contribution in [1.29, 1.82) is 0 Å². The maximum absolute atomic E-state index is 13.1. The summed E-state index contributed by atoms with van der Waals surface area (Å²) in [6, 6.07) is 10.4. The molecule has 2 aliphatic heterocycles. The van der Waals surface area contributed by atoms with Crippen molar-refractivity contribution in [3.05, 3.63) is 58.1 Å². The summed E-state index contributed by atoms with van der Waals surface area (Å²) in [5.41, 5.74) is 7.02. The highest BCUT2D eigenvalue weighted by atomic mass is 16.4. The monoisotopic (exact) mass is 475 g/mol. The van der Waals surface area contributed by atoms with Crippen molar-refractivity contribution in [2.24, 2.45) is 0 Å². The molecular weight excluding hydrogens is 442 g/mol. The van der Waals surface area contributed by atoms with Crippen LogP contribution in [-0.4, -0.2) is 61.5 Å². The molecule has 3 aromatic rings. The number of carbonyl (C=O) groups excluding carboxylic acids is 1. The minimum absolute atomic E-state index is 0.0104. The Kier molecular flexibility index (Phi) is 6.45. The molecule has 0 radical (unpaired) electrons. The maximum atomic E-state index is 13.1. The van der Waals surface area contributed by atoms with E-state index in [9.17, 15) is 14.7 Å². The van der Waals surface area contributed by atoms with E-state index >= 15 is 0 Å². The summed E-state index contributed by atoms with van der Waals surface area (Å²) in [6.07, 6.45) is 4.16. The molecule has 1 saturated heterocycles. The third-order valence-corrected chi connectivity index (χ3v) is 7.58. The number of piperidine rings is 1. The second-order valence-electron chi connectivity index (χ2n) is 9.73. The molecule has 1 N–H and O–H groups in total. The van der Waals surface area contributed by atoms with Gasteiger partial charge in [-0.15, -0.1) is 5.10 Å². The van der Waals surface area contributed by atoms with E-state index in [-0.39, 0.29) is 18.4 Å². The van der Waals surface area contributed by atoms with E-state index < -0.39 is 5.97 Å². The number of aliphatic carboxylic acids is 1. The van der Waals surface area contributed by atoms with Crippen LogP contribution in [0.2, 0.25) is 0 Å². The van der Waals surface area contributed by atoms with Gasteiger partial charge in [-0.3, -0.25) is 4.79 Å². The SMILES string of the molecule is CCn1nnc2c(C)c(C(CC(=O)O)c3ccc4c(c3)CN(C(=O)N3CCCCC3)CC4)ccc21. The van der Waals surface area contributed by atoms with Gasteiger partial charge in [-0.1, -0.05) is 29.5 Å². The highest BCUT2D eigenvalue weighted by molar-refractivity contribution is 5.80. The van der Waals surface area contributed by atoms with Crippen LogP contribution in [0.5, 0.6) is 0 Å². The van der Waals surface area contributed by atoms with Gasteiger partial charge in [0.05, 0.1) is 11.9 Å². The summed E-state index contributed by atoms with van der Waals surface area (Å²) < 4.78 is 1.85. The molecule has 0 saturated carbocycles. The Labute approximate surface area is 205 Å². The molecule has 3 heterocycles. The molecule has 8 nitrogen and oxygen atoms in total. The minimum Gasteiger partial charge on any atom is -0.481 e. The number of aryl methyl sites for hydroxylation is 2. The van der Waals surface area contributed by atoms with Gasteiger partial charge in [0.15, 0.2) is 0 Å².